The minimum atomic E-state index is -0.573. The summed E-state index contributed by atoms with van der Waals surface area (Å²) in [5.74, 6) is 0.480. The molecule has 1 heterocycles. The first-order valence-corrected chi connectivity index (χ1v) is 11.3. The second kappa shape index (κ2) is 11.0. The number of fused-ring (bicyclic) bond motifs is 1. The summed E-state index contributed by atoms with van der Waals surface area (Å²) < 4.78 is 33.1. The van der Waals surface area contributed by atoms with Gasteiger partial charge in [0.2, 0.25) is 0 Å². The Bertz CT molecular complexity index is 1070. The van der Waals surface area contributed by atoms with E-state index in [1.54, 1.807) is 0 Å². The van der Waals surface area contributed by atoms with Gasteiger partial charge in [0.1, 0.15) is 17.4 Å². The molecule has 0 radical (unpaired) electrons. The minimum absolute atomic E-state index is 0.396. The van der Waals surface area contributed by atoms with E-state index < -0.39 is 11.6 Å². The van der Waals surface area contributed by atoms with Crippen LogP contribution in [0.25, 0.3) is 11.1 Å². The average Bonchev–Trinajstić information content (AvgIpc) is 3.53. The number of halogens is 2. The van der Waals surface area contributed by atoms with E-state index in [-0.39, 0.29) is 0 Å². The van der Waals surface area contributed by atoms with E-state index in [0.29, 0.717) is 12.0 Å². The van der Waals surface area contributed by atoms with Crippen molar-refractivity contribution in [3.63, 3.8) is 0 Å². The highest BCUT2D eigenvalue weighted by Crippen LogP contribution is 2.34. The van der Waals surface area contributed by atoms with Gasteiger partial charge in [0.05, 0.1) is 12.3 Å². The molecule has 0 bridgehead atoms. The predicted molar refractivity (Wildman–Crippen MR) is 129 cm³/mol. The first-order chi connectivity index (χ1) is 15.5. The van der Waals surface area contributed by atoms with Gasteiger partial charge >= 0.3 is 0 Å². The molecule has 2 aliphatic rings. The Kier molecular flexibility index (Phi) is 8.15. The van der Waals surface area contributed by atoms with Gasteiger partial charge in [-0.25, -0.2) is 8.78 Å². The smallest absolute Gasteiger partial charge is 0.133 e. The molecule has 1 saturated carbocycles. The summed E-state index contributed by atoms with van der Waals surface area (Å²) in [7, 11) is 0. The first kappa shape index (κ1) is 23.6. The number of benzene rings is 2. The van der Waals surface area contributed by atoms with Crippen molar-refractivity contribution in [3.8, 4) is 11.1 Å². The third-order valence-corrected chi connectivity index (χ3v) is 5.46. The fraction of sp³-hybridized carbons (Fsp3) is 0.321. The van der Waals surface area contributed by atoms with Gasteiger partial charge in [-0.05, 0) is 85.7 Å². The summed E-state index contributed by atoms with van der Waals surface area (Å²) >= 11 is 0. The Morgan fingerprint density at radius 1 is 1.12 bits per heavy atom. The van der Waals surface area contributed by atoms with Crippen LogP contribution in [0.5, 0.6) is 0 Å². The van der Waals surface area contributed by atoms with Gasteiger partial charge in [0, 0.05) is 23.8 Å². The molecule has 0 aromatic heterocycles. The molecular weight excluding hydrogens is 404 g/mol. The first-order valence-electron chi connectivity index (χ1n) is 11.3. The van der Waals surface area contributed by atoms with E-state index in [4.69, 9.17) is 9.73 Å². The van der Waals surface area contributed by atoms with Crippen LogP contribution in [0.15, 0.2) is 77.0 Å². The zero-order chi connectivity index (χ0) is 23.1. The number of rotatable bonds is 7. The molecule has 0 N–H and O–H groups in total. The van der Waals surface area contributed by atoms with Gasteiger partial charge in [-0.3, -0.25) is 4.99 Å². The highest BCUT2D eigenvalue weighted by Gasteiger charge is 2.22. The lowest BCUT2D eigenvalue weighted by Crippen LogP contribution is -1.99. The molecule has 4 rings (SSSR count). The lowest BCUT2D eigenvalue weighted by Gasteiger charge is -2.06. The maximum absolute atomic E-state index is 14.1. The lowest BCUT2D eigenvalue weighted by molar-refractivity contribution is 0.210. The number of ether oxygens (including phenoxy) is 1. The van der Waals surface area contributed by atoms with E-state index >= 15 is 0 Å². The van der Waals surface area contributed by atoms with Crippen LogP contribution in [-0.4, -0.2) is 12.3 Å². The van der Waals surface area contributed by atoms with Crippen molar-refractivity contribution >= 4 is 11.4 Å². The monoisotopic (exact) mass is 435 g/mol. The summed E-state index contributed by atoms with van der Waals surface area (Å²) in [5, 5.41) is 0. The van der Waals surface area contributed by atoms with E-state index in [0.717, 1.165) is 52.4 Å². The van der Waals surface area contributed by atoms with Gasteiger partial charge in [-0.2, -0.15) is 0 Å². The molecule has 1 fully saturated rings. The van der Waals surface area contributed by atoms with Gasteiger partial charge < -0.3 is 4.74 Å². The number of hydrogen-bond acceptors (Lipinski definition) is 2. The molecular formula is C28H31F2NO. The molecule has 2 nitrogen and oxygen atoms in total. The molecule has 0 unspecified atom stereocenters. The van der Waals surface area contributed by atoms with Crippen LogP contribution in [-0.2, 0) is 11.2 Å². The molecule has 0 atom stereocenters. The van der Waals surface area contributed by atoms with Gasteiger partial charge in [0.15, 0.2) is 0 Å². The average molecular weight is 436 g/mol. The summed E-state index contributed by atoms with van der Waals surface area (Å²) in [4.78, 5) is 4.72. The van der Waals surface area contributed by atoms with Crippen molar-refractivity contribution in [2.45, 2.75) is 47.0 Å². The summed E-state index contributed by atoms with van der Waals surface area (Å²) in [6.45, 7) is 8.81. The fourth-order valence-corrected chi connectivity index (χ4v) is 3.43. The van der Waals surface area contributed by atoms with Crippen LogP contribution < -0.4 is 0 Å². The summed E-state index contributed by atoms with van der Waals surface area (Å²) in [6, 6.07) is 9.33. The largest absolute Gasteiger partial charge is 0.494 e. The van der Waals surface area contributed by atoms with Crippen molar-refractivity contribution in [3.05, 3.63) is 89.2 Å². The fourth-order valence-electron chi connectivity index (χ4n) is 3.43. The molecule has 168 valence electrons. The van der Waals surface area contributed by atoms with Gasteiger partial charge in [-0.15, -0.1) is 0 Å². The second-order valence-electron chi connectivity index (χ2n) is 7.86. The molecule has 2 aromatic carbocycles. The zero-order valence-electron chi connectivity index (χ0n) is 19.3. The van der Waals surface area contributed by atoms with Gasteiger partial charge in [-0.1, -0.05) is 32.1 Å². The van der Waals surface area contributed by atoms with Crippen molar-refractivity contribution < 1.29 is 13.5 Å². The standard InChI is InChI=1S/C26H25F2NO.C2H6/c1-3-22(30-16-18-7-8-18)6-4-5-17(2)26-14-20-13-19(9-12-25(20)29-26)23-11-10-21(27)15-24(23)28;1-2/h3-6,9-13,15,18H,7-8,14,16H2,1-2H3;1-2H3/b6-4-,17-5+,22-3+;. The van der Waals surface area contributed by atoms with E-state index in [9.17, 15) is 8.78 Å². The predicted octanol–water partition coefficient (Wildman–Crippen LogP) is 8.12. The highest BCUT2D eigenvalue weighted by molar-refractivity contribution is 6.06. The van der Waals surface area contributed by atoms with Crippen molar-refractivity contribution in [1.82, 2.24) is 0 Å². The quantitative estimate of drug-likeness (QED) is 0.318. The number of aliphatic imine (C=N–C) groups is 1. The number of nitrogens with zero attached hydrogens (tertiary/aromatic N) is 1. The van der Waals surface area contributed by atoms with Crippen molar-refractivity contribution in [2.75, 3.05) is 6.61 Å². The summed E-state index contributed by atoms with van der Waals surface area (Å²) in [6.07, 6.45) is 11.2. The van der Waals surface area contributed by atoms with Crippen LogP contribution in [0.4, 0.5) is 14.5 Å². The topological polar surface area (TPSA) is 21.6 Å². The molecule has 1 aliphatic carbocycles. The number of allylic oxidation sites excluding steroid dienone is 5. The molecule has 1 aliphatic heterocycles. The van der Waals surface area contributed by atoms with E-state index in [1.165, 1.54) is 25.0 Å². The van der Waals surface area contributed by atoms with Crippen molar-refractivity contribution in [1.29, 1.82) is 0 Å². The molecule has 32 heavy (non-hydrogen) atoms. The van der Waals surface area contributed by atoms with Crippen molar-refractivity contribution in [2.24, 2.45) is 10.9 Å². The molecule has 0 amide bonds. The van der Waals surface area contributed by atoms with Crippen LogP contribution >= 0.6 is 0 Å². The highest BCUT2D eigenvalue weighted by atomic mass is 19.1. The van der Waals surface area contributed by atoms with E-state index in [2.05, 4.69) is 0 Å². The number of hydrogen-bond donors (Lipinski definition) is 0. The lowest BCUT2D eigenvalue weighted by atomic mass is 9.99. The van der Waals surface area contributed by atoms with Crippen LogP contribution in [0.2, 0.25) is 0 Å². The third-order valence-electron chi connectivity index (χ3n) is 5.46. The maximum Gasteiger partial charge on any atom is 0.133 e. The van der Waals surface area contributed by atoms with E-state index in [1.807, 2.05) is 70.2 Å². The Hall–Kier alpha value is -3.01. The Balaban J connectivity index is 0.00000141. The summed E-state index contributed by atoms with van der Waals surface area (Å²) in [5.41, 5.74) is 5.14. The Morgan fingerprint density at radius 2 is 1.91 bits per heavy atom. The third kappa shape index (κ3) is 6.03. The SMILES string of the molecule is CC.C\C=C(/C=C\C=C(/C)C1=Nc2ccc(-c3ccc(F)cc3F)cc2C1)OCC1CC1. The Morgan fingerprint density at radius 3 is 2.59 bits per heavy atom. The molecule has 0 spiro atoms. The maximum atomic E-state index is 14.1. The van der Waals surface area contributed by atoms with Gasteiger partial charge in [0.25, 0.3) is 0 Å². The van der Waals surface area contributed by atoms with Crippen LogP contribution in [0, 0.1) is 17.6 Å². The second-order valence-corrected chi connectivity index (χ2v) is 7.86. The minimum Gasteiger partial charge on any atom is -0.494 e. The normalized spacial score (nSPS) is 15.9. The molecule has 0 saturated heterocycles. The Labute approximate surface area is 190 Å². The molecule has 4 heteroatoms. The van der Waals surface area contributed by atoms with Crippen LogP contribution in [0.3, 0.4) is 0 Å². The molecule has 2 aromatic rings. The zero-order valence-corrected chi connectivity index (χ0v) is 19.3. The van der Waals surface area contributed by atoms with Crippen LogP contribution in [0.1, 0.15) is 46.1 Å².